The third kappa shape index (κ3) is 5.22. The molecule has 2 heteroatoms. The summed E-state index contributed by atoms with van der Waals surface area (Å²) in [6.45, 7) is 8.28. The highest BCUT2D eigenvalue weighted by Gasteiger charge is 2.03. The highest BCUT2D eigenvalue weighted by Crippen LogP contribution is 2.20. The van der Waals surface area contributed by atoms with E-state index in [9.17, 15) is 0 Å². The molecule has 0 heterocycles. The predicted molar refractivity (Wildman–Crippen MR) is 70.7 cm³/mol. The average molecular weight is 235 g/mol. The van der Waals surface area contributed by atoms with E-state index >= 15 is 0 Å². The molecule has 0 unspecified atom stereocenters. The van der Waals surface area contributed by atoms with Crippen molar-refractivity contribution < 1.29 is 9.84 Å². The van der Waals surface area contributed by atoms with E-state index in [4.69, 9.17) is 9.84 Å². The van der Waals surface area contributed by atoms with Crippen molar-refractivity contribution in [2.24, 2.45) is 5.92 Å². The van der Waals surface area contributed by atoms with Crippen molar-refractivity contribution in [2.45, 2.75) is 40.0 Å². The van der Waals surface area contributed by atoms with Crippen LogP contribution in [0.5, 0.6) is 5.75 Å². The maximum atomic E-state index is 9.11. The maximum absolute atomic E-state index is 9.11. The first kappa shape index (κ1) is 14.0. The van der Waals surface area contributed by atoms with Crippen molar-refractivity contribution in [3.8, 4) is 5.75 Å². The summed E-state index contributed by atoms with van der Waals surface area (Å²) >= 11 is 0. The number of rotatable bonds is 7. The molecule has 1 rings (SSSR count). The summed E-state index contributed by atoms with van der Waals surface area (Å²) in [5.74, 6) is 1.36. The summed E-state index contributed by atoms with van der Waals surface area (Å²) in [7, 11) is 0. The van der Waals surface area contributed by atoms with Gasteiger partial charge in [-0.2, -0.15) is 0 Å². The number of aliphatic hydroxyl groups excluding tert-OH is 1. The minimum absolute atomic E-state index is 0.510. The Morgan fingerprint density at radius 2 is 2.06 bits per heavy atom. The summed E-state index contributed by atoms with van der Waals surface area (Å²) in [6.07, 6.45) is 3.38. The van der Waals surface area contributed by atoms with Crippen LogP contribution in [0.4, 0.5) is 0 Å². The van der Waals surface area contributed by atoms with Crippen molar-refractivity contribution >= 4 is 0 Å². The van der Waals surface area contributed by atoms with Gasteiger partial charge in [0.1, 0.15) is 12.4 Å². The molecule has 2 nitrogen and oxygen atoms in total. The summed E-state index contributed by atoms with van der Waals surface area (Å²) in [6, 6.07) is 5.96. The molecule has 0 saturated carbocycles. The fourth-order valence-corrected chi connectivity index (χ4v) is 1.63. The quantitative estimate of drug-likeness (QED) is 0.775. The zero-order chi connectivity index (χ0) is 12.7. The maximum Gasteiger partial charge on any atom is 0.119 e. The Morgan fingerprint density at radius 1 is 1.29 bits per heavy atom. The smallest absolute Gasteiger partial charge is 0.119 e. The Kier molecular flexibility index (Phi) is 6.06. The highest BCUT2D eigenvalue weighted by molar-refractivity contribution is 5.37. The molecule has 0 aliphatic carbocycles. The lowest BCUT2D eigenvalue weighted by Crippen LogP contribution is -2.05. The fraction of sp³-hybridized carbons (Fsp3) is 0.533. The largest absolute Gasteiger partial charge is 0.493 e. The SMILES string of the molecule is CCCCc1cc([CH]O)cc(OCC(C)C)c1. The van der Waals surface area contributed by atoms with E-state index < -0.39 is 0 Å². The summed E-state index contributed by atoms with van der Waals surface area (Å²) in [5.41, 5.74) is 2.05. The Morgan fingerprint density at radius 3 is 2.65 bits per heavy atom. The molecule has 1 N–H and O–H groups in total. The molecular weight excluding hydrogens is 212 g/mol. The van der Waals surface area contributed by atoms with Crippen molar-refractivity contribution in [3.63, 3.8) is 0 Å². The molecule has 95 valence electrons. The molecule has 0 spiro atoms. The molecule has 0 aromatic heterocycles. The molecular formula is C15H23O2. The molecule has 0 fully saturated rings. The molecule has 1 aromatic rings. The predicted octanol–water partition coefficient (Wildman–Crippen LogP) is 3.95. The fourth-order valence-electron chi connectivity index (χ4n) is 1.63. The van der Waals surface area contributed by atoms with Crippen LogP contribution in [0.2, 0.25) is 0 Å². The average Bonchev–Trinajstić information content (AvgIpc) is 2.33. The number of aryl methyl sites for hydroxylation is 1. The van der Waals surface area contributed by atoms with E-state index in [-0.39, 0.29) is 0 Å². The third-order valence-corrected chi connectivity index (χ3v) is 2.54. The Labute approximate surface area is 105 Å². The van der Waals surface area contributed by atoms with Crippen molar-refractivity contribution in [2.75, 3.05) is 6.61 Å². The molecule has 0 atom stereocenters. The minimum atomic E-state index is 0.510. The van der Waals surface area contributed by atoms with E-state index in [0.29, 0.717) is 12.5 Å². The molecule has 0 aliphatic rings. The van der Waals surface area contributed by atoms with Crippen molar-refractivity contribution in [1.82, 2.24) is 0 Å². The van der Waals surface area contributed by atoms with Gasteiger partial charge in [0.05, 0.1) is 6.61 Å². The lowest BCUT2D eigenvalue weighted by Gasteiger charge is -2.11. The summed E-state index contributed by atoms with van der Waals surface area (Å²) in [5, 5.41) is 9.11. The van der Waals surface area contributed by atoms with E-state index in [1.165, 1.54) is 18.4 Å². The first-order chi connectivity index (χ1) is 8.15. The van der Waals surface area contributed by atoms with Crippen LogP contribution < -0.4 is 4.74 Å². The number of unbranched alkanes of at least 4 members (excludes halogenated alkanes) is 1. The zero-order valence-electron chi connectivity index (χ0n) is 11.1. The monoisotopic (exact) mass is 235 g/mol. The lowest BCUT2D eigenvalue weighted by molar-refractivity contribution is 0.270. The lowest BCUT2D eigenvalue weighted by atomic mass is 10.1. The molecule has 0 aliphatic heterocycles. The van der Waals surface area contributed by atoms with Crippen molar-refractivity contribution in [1.29, 1.82) is 0 Å². The van der Waals surface area contributed by atoms with Crippen LogP contribution in [0.3, 0.4) is 0 Å². The molecule has 1 radical (unpaired) electrons. The van der Waals surface area contributed by atoms with Gasteiger partial charge >= 0.3 is 0 Å². The van der Waals surface area contributed by atoms with Gasteiger partial charge in [-0.05, 0) is 42.0 Å². The van der Waals surface area contributed by atoms with Crippen LogP contribution in [0.25, 0.3) is 0 Å². The Bertz CT molecular complexity index is 332. The minimum Gasteiger partial charge on any atom is -0.493 e. The van der Waals surface area contributed by atoms with E-state index in [1.54, 1.807) is 0 Å². The standard InChI is InChI=1S/C15H23O2/c1-4-5-6-13-7-14(10-16)9-15(8-13)17-11-12(2)3/h7-10,12,16H,4-6,11H2,1-3H3. The highest BCUT2D eigenvalue weighted by atomic mass is 16.5. The van der Waals surface area contributed by atoms with Gasteiger partial charge in [-0.3, -0.25) is 0 Å². The molecule has 1 aromatic carbocycles. The first-order valence-electron chi connectivity index (χ1n) is 6.40. The summed E-state index contributed by atoms with van der Waals surface area (Å²) < 4.78 is 5.70. The Hall–Kier alpha value is -1.02. The van der Waals surface area contributed by atoms with Crippen LogP contribution in [0.1, 0.15) is 44.7 Å². The number of ether oxygens (including phenoxy) is 1. The van der Waals surface area contributed by atoms with Gasteiger partial charge < -0.3 is 9.84 Å². The third-order valence-electron chi connectivity index (χ3n) is 2.54. The summed E-state index contributed by atoms with van der Waals surface area (Å²) in [4.78, 5) is 0. The van der Waals surface area contributed by atoms with E-state index in [2.05, 4.69) is 26.8 Å². The second kappa shape index (κ2) is 7.33. The van der Waals surface area contributed by atoms with Gasteiger partial charge in [0.2, 0.25) is 0 Å². The van der Waals surface area contributed by atoms with Crippen LogP contribution >= 0.6 is 0 Å². The molecule has 0 saturated heterocycles. The van der Waals surface area contributed by atoms with Crippen LogP contribution in [0.15, 0.2) is 18.2 Å². The van der Waals surface area contributed by atoms with Gasteiger partial charge in [-0.1, -0.05) is 33.3 Å². The number of hydrogen-bond donors (Lipinski definition) is 1. The number of benzene rings is 1. The normalized spacial score (nSPS) is 10.9. The zero-order valence-corrected chi connectivity index (χ0v) is 11.1. The number of aliphatic hydroxyl groups is 1. The van der Waals surface area contributed by atoms with Crippen LogP contribution in [0, 0.1) is 12.5 Å². The van der Waals surface area contributed by atoms with Gasteiger partial charge in [-0.25, -0.2) is 0 Å². The Balaban J connectivity index is 2.73. The molecule has 17 heavy (non-hydrogen) atoms. The van der Waals surface area contributed by atoms with Crippen LogP contribution in [-0.4, -0.2) is 11.7 Å². The topological polar surface area (TPSA) is 29.5 Å². The van der Waals surface area contributed by atoms with E-state index in [0.717, 1.165) is 24.3 Å². The number of hydrogen-bond acceptors (Lipinski definition) is 2. The first-order valence-corrected chi connectivity index (χ1v) is 6.40. The van der Waals surface area contributed by atoms with Gasteiger partial charge in [0.25, 0.3) is 0 Å². The molecule has 0 amide bonds. The van der Waals surface area contributed by atoms with Crippen molar-refractivity contribution in [3.05, 3.63) is 35.9 Å². The van der Waals surface area contributed by atoms with Crippen LogP contribution in [-0.2, 0) is 6.42 Å². The van der Waals surface area contributed by atoms with Gasteiger partial charge in [0.15, 0.2) is 0 Å². The van der Waals surface area contributed by atoms with E-state index in [1.807, 2.05) is 12.1 Å². The second-order valence-corrected chi connectivity index (χ2v) is 4.85. The van der Waals surface area contributed by atoms with Gasteiger partial charge in [-0.15, -0.1) is 0 Å². The van der Waals surface area contributed by atoms with Gasteiger partial charge in [0, 0.05) is 0 Å². The molecule has 0 bridgehead atoms. The second-order valence-electron chi connectivity index (χ2n) is 4.85.